The van der Waals surface area contributed by atoms with Crippen LogP contribution < -0.4 is 9.64 Å². The van der Waals surface area contributed by atoms with Gasteiger partial charge in [-0.05, 0) is 66.0 Å². The van der Waals surface area contributed by atoms with Gasteiger partial charge in [-0.25, -0.2) is 4.98 Å². The number of carbonyl (C=O) groups is 1. The van der Waals surface area contributed by atoms with Crippen molar-refractivity contribution in [1.29, 1.82) is 0 Å². The minimum atomic E-state index is -0.0769. The molecule has 0 radical (unpaired) electrons. The van der Waals surface area contributed by atoms with Gasteiger partial charge >= 0.3 is 0 Å². The number of nitrogens with zero attached hydrogens (tertiary/aromatic N) is 5. The van der Waals surface area contributed by atoms with E-state index >= 15 is 0 Å². The van der Waals surface area contributed by atoms with Gasteiger partial charge in [-0.15, -0.1) is 12.4 Å². The zero-order valence-corrected chi connectivity index (χ0v) is 19.8. The fraction of sp³-hybridized carbons (Fsp3) is 0.476. The number of para-hydroxylation sites is 1. The van der Waals surface area contributed by atoms with Crippen LogP contribution in [0.15, 0.2) is 30.5 Å². The summed E-state index contributed by atoms with van der Waals surface area (Å²) in [7, 11) is 4.07. The second kappa shape index (κ2) is 10.7. The van der Waals surface area contributed by atoms with Crippen LogP contribution >= 0.6 is 23.7 Å². The molecule has 1 amide bonds. The number of rotatable bonds is 9. The standard InChI is InChI=1S/C21H29N5O2S.ClH/c1-6-28-17-9-7-10-18-19(17)23-21(29-18)25(14-8-13-24(4)5)20(27)16-11-12-22-26(16)15(2)3;/h7,9-12,15H,6,8,13-14H2,1-5H3;1H. The van der Waals surface area contributed by atoms with E-state index in [9.17, 15) is 4.79 Å². The van der Waals surface area contributed by atoms with Crippen molar-refractivity contribution in [2.24, 2.45) is 0 Å². The summed E-state index contributed by atoms with van der Waals surface area (Å²) in [5.74, 6) is 0.674. The summed E-state index contributed by atoms with van der Waals surface area (Å²) in [5.41, 5.74) is 1.38. The third-order valence-corrected chi connectivity index (χ3v) is 5.56. The molecule has 0 fully saturated rings. The number of anilines is 1. The number of aromatic nitrogens is 3. The van der Waals surface area contributed by atoms with Crippen molar-refractivity contribution in [2.45, 2.75) is 33.2 Å². The van der Waals surface area contributed by atoms with Gasteiger partial charge in [0.1, 0.15) is 17.0 Å². The molecule has 0 N–H and O–H groups in total. The highest BCUT2D eigenvalue weighted by Crippen LogP contribution is 2.35. The number of hydrogen-bond acceptors (Lipinski definition) is 6. The maximum absolute atomic E-state index is 13.5. The van der Waals surface area contributed by atoms with Crippen molar-refractivity contribution in [3.05, 3.63) is 36.2 Å². The summed E-state index contributed by atoms with van der Waals surface area (Å²) in [6, 6.07) is 7.77. The minimum Gasteiger partial charge on any atom is -0.492 e. The maximum atomic E-state index is 13.5. The van der Waals surface area contributed by atoms with Crippen molar-refractivity contribution in [3.8, 4) is 5.75 Å². The molecule has 0 aliphatic carbocycles. The average Bonchev–Trinajstić information content (AvgIpc) is 3.32. The van der Waals surface area contributed by atoms with Crippen LogP contribution in [0.1, 0.15) is 43.7 Å². The van der Waals surface area contributed by atoms with Crippen LogP contribution in [0, 0.1) is 0 Å². The van der Waals surface area contributed by atoms with Crippen molar-refractivity contribution in [2.75, 3.05) is 38.7 Å². The highest BCUT2D eigenvalue weighted by atomic mass is 35.5. The fourth-order valence-corrected chi connectivity index (χ4v) is 4.17. The van der Waals surface area contributed by atoms with Gasteiger partial charge in [0.2, 0.25) is 0 Å². The number of fused-ring (bicyclic) bond motifs is 1. The number of carbonyl (C=O) groups excluding carboxylic acids is 1. The van der Waals surface area contributed by atoms with E-state index in [4.69, 9.17) is 9.72 Å². The number of benzene rings is 1. The van der Waals surface area contributed by atoms with E-state index in [-0.39, 0.29) is 24.4 Å². The van der Waals surface area contributed by atoms with Gasteiger partial charge in [0.25, 0.3) is 5.91 Å². The summed E-state index contributed by atoms with van der Waals surface area (Å²) in [6.07, 6.45) is 2.53. The molecule has 1 aromatic carbocycles. The van der Waals surface area contributed by atoms with E-state index in [1.165, 1.54) is 11.3 Å². The smallest absolute Gasteiger partial charge is 0.278 e. The van der Waals surface area contributed by atoms with Gasteiger partial charge in [0, 0.05) is 18.8 Å². The second-order valence-corrected chi connectivity index (χ2v) is 8.41. The molecule has 0 aliphatic rings. The van der Waals surface area contributed by atoms with Crippen LogP contribution in [0.2, 0.25) is 0 Å². The Hall–Kier alpha value is -2.16. The Bertz CT molecular complexity index is 969. The quantitative estimate of drug-likeness (QED) is 0.479. The Morgan fingerprint density at radius 2 is 2.00 bits per heavy atom. The topological polar surface area (TPSA) is 63.5 Å². The molecule has 0 bridgehead atoms. The molecule has 164 valence electrons. The Labute approximate surface area is 188 Å². The number of thiazole rings is 1. The monoisotopic (exact) mass is 451 g/mol. The predicted molar refractivity (Wildman–Crippen MR) is 125 cm³/mol. The van der Waals surface area contributed by atoms with Crippen molar-refractivity contribution in [3.63, 3.8) is 0 Å². The first kappa shape index (κ1) is 24.1. The summed E-state index contributed by atoms with van der Waals surface area (Å²) >= 11 is 1.51. The van der Waals surface area contributed by atoms with E-state index in [1.807, 2.05) is 53.1 Å². The number of ether oxygens (including phenoxy) is 1. The lowest BCUT2D eigenvalue weighted by atomic mass is 10.3. The third kappa shape index (κ3) is 5.30. The number of hydrogen-bond donors (Lipinski definition) is 0. The van der Waals surface area contributed by atoms with Gasteiger partial charge in [-0.2, -0.15) is 5.10 Å². The molecular weight excluding hydrogens is 422 g/mol. The predicted octanol–water partition coefficient (Wildman–Crippen LogP) is 4.49. The average molecular weight is 452 g/mol. The van der Waals surface area contributed by atoms with Crippen LogP contribution in [-0.4, -0.2) is 59.4 Å². The highest BCUT2D eigenvalue weighted by Gasteiger charge is 2.25. The lowest BCUT2D eigenvalue weighted by Gasteiger charge is -2.22. The normalized spacial score (nSPS) is 11.2. The van der Waals surface area contributed by atoms with Crippen LogP contribution in [0.4, 0.5) is 5.13 Å². The van der Waals surface area contributed by atoms with E-state index in [2.05, 4.69) is 10.00 Å². The molecule has 0 aliphatic heterocycles. The van der Waals surface area contributed by atoms with Crippen molar-refractivity contribution < 1.29 is 9.53 Å². The molecule has 0 saturated carbocycles. The Balaban J connectivity index is 0.00000320. The first-order valence-electron chi connectivity index (χ1n) is 9.94. The second-order valence-electron chi connectivity index (χ2n) is 7.40. The van der Waals surface area contributed by atoms with Gasteiger partial charge in [0.05, 0.1) is 11.3 Å². The number of amides is 1. The molecule has 0 saturated heterocycles. The SMILES string of the molecule is CCOc1cccc2sc(N(CCCN(C)C)C(=O)c3ccnn3C(C)C)nc12.Cl. The lowest BCUT2D eigenvalue weighted by molar-refractivity contribution is 0.0974. The molecular formula is C21H30ClN5O2S. The fourth-order valence-electron chi connectivity index (χ4n) is 3.16. The minimum absolute atomic E-state index is 0. The molecule has 3 aromatic rings. The first-order valence-corrected chi connectivity index (χ1v) is 10.8. The largest absolute Gasteiger partial charge is 0.492 e. The van der Waals surface area contributed by atoms with Gasteiger partial charge in [-0.1, -0.05) is 17.4 Å². The lowest BCUT2D eigenvalue weighted by Crippen LogP contribution is -2.35. The van der Waals surface area contributed by atoms with Gasteiger partial charge < -0.3 is 9.64 Å². The highest BCUT2D eigenvalue weighted by molar-refractivity contribution is 7.22. The third-order valence-electron chi connectivity index (χ3n) is 4.51. The summed E-state index contributed by atoms with van der Waals surface area (Å²) in [6.45, 7) is 8.05. The molecule has 3 rings (SSSR count). The molecule has 2 aromatic heterocycles. The Morgan fingerprint density at radius 1 is 1.23 bits per heavy atom. The van der Waals surface area contributed by atoms with Crippen LogP contribution in [0.25, 0.3) is 10.2 Å². The van der Waals surface area contributed by atoms with Crippen LogP contribution in [-0.2, 0) is 0 Å². The zero-order valence-electron chi connectivity index (χ0n) is 18.2. The zero-order chi connectivity index (χ0) is 21.0. The van der Waals surface area contributed by atoms with E-state index in [0.29, 0.717) is 24.0 Å². The van der Waals surface area contributed by atoms with Crippen molar-refractivity contribution in [1.82, 2.24) is 19.7 Å². The molecule has 0 atom stereocenters. The van der Waals surface area contributed by atoms with E-state index < -0.39 is 0 Å². The van der Waals surface area contributed by atoms with Crippen LogP contribution in [0.3, 0.4) is 0 Å². The summed E-state index contributed by atoms with van der Waals surface area (Å²) in [5, 5.41) is 5.01. The Kier molecular flexibility index (Phi) is 8.64. The number of halogens is 1. The molecule has 0 unspecified atom stereocenters. The Morgan fingerprint density at radius 3 is 2.67 bits per heavy atom. The molecule has 30 heavy (non-hydrogen) atoms. The molecule has 7 nitrogen and oxygen atoms in total. The molecule has 9 heteroatoms. The first-order chi connectivity index (χ1) is 13.9. The van der Waals surface area contributed by atoms with Crippen molar-refractivity contribution >= 4 is 45.0 Å². The summed E-state index contributed by atoms with van der Waals surface area (Å²) < 4.78 is 8.50. The van der Waals surface area contributed by atoms with E-state index in [0.717, 1.165) is 28.9 Å². The van der Waals surface area contributed by atoms with Gasteiger partial charge in [0.15, 0.2) is 5.13 Å². The van der Waals surface area contributed by atoms with E-state index in [1.54, 1.807) is 21.8 Å². The maximum Gasteiger partial charge on any atom is 0.278 e. The molecule has 0 spiro atoms. The summed E-state index contributed by atoms with van der Waals surface area (Å²) in [4.78, 5) is 22.2. The van der Waals surface area contributed by atoms with Crippen LogP contribution in [0.5, 0.6) is 5.75 Å². The molecule has 2 heterocycles. The van der Waals surface area contributed by atoms with Gasteiger partial charge in [-0.3, -0.25) is 14.4 Å².